The van der Waals surface area contributed by atoms with E-state index in [1.807, 2.05) is 55.5 Å². The molecule has 2 aromatic carbocycles. The number of nitrogens with zero attached hydrogens (tertiary/aromatic N) is 1. The van der Waals surface area contributed by atoms with Gasteiger partial charge in [-0.05, 0) is 31.0 Å². The molecule has 22 heavy (non-hydrogen) atoms. The molecule has 3 nitrogen and oxygen atoms in total. The van der Waals surface area contributed by atoms with E-state index in [1.54, 1.807) is 6.07 Å². The monoisotopic (exact) mass is 290 g/mol. The van der Waals surface area contributed by atoms with Gasteiger partial charge >= 0.3 is 0 Å². The van der Waals surface area contributed by atoms with Gasteiger partial charge in [0, 0.05) is 11.4 Å². The normalized spacial score (nSPS) is 12.0. The van der Waals surface area contributed by atoms with Crippen molar-refractivity contribution in [2.45, 2.75) is 19.4 Å². The summed E-state index contributed by atoms with van der Waals surface area (Å²) in [6, 6.07) is 21.7. The average Bonchev–Trinajstić information content (AvgIpc) is 2.55. The second kappa shape index (κ2) is 6.39. The Morgan fingerprint density at radius 2 is 1.73 bits per heavy atom. The van der Waals surface area contributed by atoms with Crippen molar-refractivity contribution in [2.75, 3.05) is 0 Å². The van der Waals surface area contributed by atoms with E-state index in [4.69, 9.17) is 0 Å². The average molecular weight is 290 g/mol. The lowest BCUT2D eigenvalue weighted by molar-refractivity contribution is 0.0935. The minimum atomic E-state index is -0.130. The van der Waals surface area contributed by atoms with Crippen LogP contribution in [0.3, 0.4) is 0 Å². The third kappa shape index (κ3) is 3.31. The van der Waals surface area contributed by atoms with Crippen LogP contribution in [-0.2, 0) is 6.42 Å². The Labute approximate surface area is 130 Å². The number of hydrogen-bond acceptors (Lipinski definition) is 2. The molecule has 0 bridgehead atoms. The highest BCUT2D eigenvalue weighted by molar-refractivity contribution is 5.95. The molecule has 1 N–H and O–H groups in total. The highest BCUT2D eigenvalue weighted by Gasteiger charge is 2.12. The molecule has 0 aliphatic heterocycles. The van der Waals surface area contributed by atoms with Gasteiger partial charge in [-0.3, -0.25) is 4.79 Å². The van der Waals surface area contributed by atoms with Crippen molar-refractivity contribution in [3.05, 3.63) is 78.0 Å². The van der Waals surface area contributed by atoms with E-state index < -0.39 is 0 Å². The summed E-state index contributed by atoms with van der Waals surface area (Å²) in [6.45, 7) is 2.01. The molecule has 1 unspecified atom stereocenters. The van der Waals surface area contributed by atoms with Gasteiger partial charge in [-0.25, -0.2) is 4.98 Å². The molecule has 1 amide bonds. The molecule has 0 spiro atoms. The van der Waals surface area contributed by atoms with Gasteiger partial charge in [0.2, 0.25) is 0 Å². The Kier molecular flexibility index (Phi) is 4.15. The summed E-state index contributed by atoms with van der Waals surface area (Å²) in [5, 5.41) is 4.05. The van der Waals surface area contributed by atoms with Gasteiger partial charge in [-0.15, -0.1) is 0 Å². The van der Waals surface area contributed by atoms with Crippen LogP contribution in [0.15, 0.2) is 66.7 Å². The molecule has 0 radical (unpaired) electrons. The van der Waals surface area contributed by atoms with Crippen LogP contribution in [0, 0.1) is 0 Å². The molecular formula is C19H18N2O. The molecule has 3 rings (SSSR count). The van der Waals surface area contributed by atoms with Crippen LogP contribution < -0.4 is 5.32 Å². The number of fused-ring (bicyclic) bond motifs is 1. The van der Waals surface area contributed by atoms with Gasteiger partial charge in [0.1, 0.15) is 5.69 Å². The number of carbonyl (C=O) groups excluding carboxylic acids is 1. The van der Waals surface area contributed by atoms with Gasteiger partial charge in [-0.1, -0.05) is 54.6 Å². The quantitative estimate of drug-likeness (QED) is 0.797. The van der Waals surface area contributed by atoms with E-state index >= 15 is 0 Å². The lowest BCUT2D eigenvalue weighted by atomic mass is 10.1. The van der Waals surface area contributed by atoms with Crippen LogP contribution in [0.4, 0.5) is 0 Å². The van der Waals surface area contributed by atoms with E-state index in [9.17, 15) is 4.79 Å². The van der Waals surface area contributed by atoms with Crippen molar-refractivity contribution in [2.24, 2.45) is 0 Å². The molecule has 0 aliphatic carbocycles. The zero-order valence-corrected chi connectivity index (χ0v) is 12.5. The Balaban J connectivity index is 1.70. The number of pyridine rings is 1. The largest absolute Gasteiger partial charge is 0.348 e. The van der Waals surface area contributed by atoms with Crippen molar-refractivity contribution >= 4 is 16.8 Å². The van der Waals surface area contributed by atoms with Crippen LogP contribution in [0.5, 0.6) is 0 Å². The second-order valence-electron chi connectivity index (χ2n) is 5.45. The Hall–Kier alpha value is -2.68. The second-order valence-corrected chi connectivity index (χ2v) is 5.45. The summed E-state index contributed by atoms with van der Waals surface area (Å²) in [6.07, 6.45) is 0.806. The number of hydrogen-bond donors (Lipinski definition) is 1. The van der Waals surface area contributed by atoms with E-state index in [0.29, 0.717) is 5.69 Å². The number of rotatable bonds is 4. The summed E-state index contributed by atoms with van der Waals surface area (Å²) in [5.74, 6) is -0.130. The van der Waals surface area contributed by atoms with Crippen molar-refractivity contribution in [3.63, 3.8) is 0 Å². The smallest absolute Gasteiger partial charge is 0.270 e. The van der Waals surface area contributed by atoms with Crippen LogP contribution in [0.2, 0.25) is 0 Å². The van der Waals surface area contributed by atoms with Crippen molar-refractivity contribution in [1.82, 2.24) is 10.3 Å². The molecule has 1 aromatic heterocycles. The summed E-state index contributed by atoms with van der Waals surface area (Å²) in [5.41, 5.74) is 2.51. The summed E-state index contributed by atoms with van der Waals surface area (Å²) in [4.78, 5) is 16.7. The third-order valence-electron chi connectivity index (χ3n) is 3.59. The predicted molar refractivity (Wildman–Crippen MR) is 88.8 cm³/mol. The van der Waals surface area contributed by atoms with Gasteiger partial charge in [0.25, 0.3) is 5.91 Å². The minimum Gasteiger partial charge on any atom is -0.348 e. The van der Waals surface area contributed by atoms with Gasteiger partial charge < -0.3 is 5.32 Å². The Morgan fingerprint density at radius 3 is 2.55 bits per heavy atom. The van der Waals surface area contributed by atoms with E-state index in [-0.39, 0.29) is 11.9 Å². The SMILES string of the molecule is CC(Cc1ccccc1)NC(=O)c1ccc2ccccc2n1. The third-order valence-corrected chi connectivity index (χ3v) is 3.59. The lowest BCUT2D eigenvalue weighted by Gasteiger charge is -2.14. The first-order chi connectivity index (χ1) is 10.7. The highest BCUT2D eigenvalue weighted by Crippen LogP contribution is 2.12. The predicted octanol–water partition coefficient (Wildman–Crippen LogP) is 3.60. The van der Waals surface area contributed by atoms with E-state index in [2.05, 4.69) is 22.4 Å². The summed E-state index contributed by atoms with van der Waals surface area (Å²) < 4.78 is 0. The molecule has 0 aliphatic rings. The maximum atomic E-state index is 12.3. The number of carbonyl (C=O) groups is 1. The fourth-order valence-corrected chi connectivity index (χ4v) is 2.51. The van der Waals surface area contributed by atoms with Crippen molar-refractivity contribution in [3.8, 4) is 0 Å². The summed E-state index contributed by atoms with van der Waals surface area (Å²) in [7, 11) is 0. The van der Waals surface area contributed by atoms with Crippen LogP contribution in [0.1, 0.15) is 23.0 Å². The van der Waals surface area contributed by atoms with Crippen LogP contribution in [-0.4, -0.2) is 16.9 Å². The Bertz CT molecular complexity index is 784. The summed E-state index contributed by atoms with van der Waals surface area (Å²) >= 11 is 0. The van der Waals surface area contributed by atoms with Crippen LogP contribution >= 0.6 is 0 Å². The van der Waals surface area contributed by atoms with Gasteiger partial charge in [0.15, 0.2) is 0 Å². The first kappa shape index (κ1) is 14.3. The molecule has 1 heterocycles. The fraction of sp³-hybridized carbons (Fsp3) is 0.158. The van der Waals surface area contributed by atoms with E-state index in [1.165, 1.54) is 5.56 Å². The molecule has 0 saturated heterocycles. The van der Waals surface area contributed by atoms with Crippen molar-refractivity contribution in [1.29, 1.82) is 0 Å². The maximum Gasteiger partial charge on any atom is 0.270 e. The first-order valence-electron chi connectivity index (χ1n) is 7.43. The zero-order chi connectivity index (χ0) is 15.4. The molecule has 3 heteroatoms. The molecule has 0 fully saturated rings. The fourth-order valence-electron chi connectivity index (χ4n) is 2.51. The van der Waals surface area contributed by atoms with Crippen molar-refractivity contribution < 1.29 is 4.79 Å². The molecule has 110 valence electrons. The number of para-hydroxylation sites is 1. The number of amides is 1. The molecule has 0 saturated carbocycles. The topological polar surface area (TPSA) is 42.0 Å². The van der Waals surface area contributed by atoms with E-state index in [0.717, 1.165) is 17.3 Å². The number of benzene rings is 2. The molecule has 3 aromatic rings. The molecule has 1 atom stereocenters. The first-order valence-corrected chi connectivity index (χ1v) is 7.43. The highest BCUT2D eigenvalue weighted by atomic mass is 16.1. The minimum absolute atomic E-state index is 0.0585. The van der Waals surface area contributed by atoms with Gasteiger partial charge in [0.05, 0.1) is 5.52 Å². The van der Waals surface area contributed by atoms with Crippen LogP contribution in [0.25, 0.3) is 10.9 Å². The standard InChI is InChI=1S/C19H18N2O/c1-14(13-15-7-3-2-4-8-15)20-19(22)18-12-11-16-9-5-6-10-17(16)21-18/h2-12,14H,13H2,1H3,(H,20,22). The lowest BCUT2D eigenvalue weighted by Crippen LogP contribution is -2.34. The zero-order valence-electron chi connectivity index (χ0n) is 12.5. The molecular weight excluding hydrogens is 272 g/mol. The Morgan fingerprint density at radius 1 is 1.00 bits per heavy atom. The maximum absolute atomic E-state index is 12.3. The van der Waals surface area contributed by atoms with Gasteiger partial charge in [-0.2, -0.15) is 0 Å². The number of aromatic nitrogens is 1. The number of nitrogens with one attached hydrogen (secondary N) is 1.